The number of rotatable bonds is 2. The fourth-order valence-electron chi connectivity index (χ4n) is 1.76. The van der Waals surface area contributed by atoms with Crippen LogP contribution in [0.1, 0.15) is 22.6 Å². The topological polar surface area (TPSA) is 36.9 Å². The first-order chi connectivity index (χ1) is 8.60. The van der Waals surface area contributed by atoms with Gasteiger partial charge in [0.05, 0.1) is 11.6 Å². The van der Waals surface area contributed by atoms with E-state index in [0.717, 1.165) is 22.6 Å². The van der Waals surface area contributed by atoms with Gasteiger partial charge in [0.15, 0.2) is 0 Å². The molecule has 1 aromatic carbocycles. The molecule has 0 spiro atoms. The van der Waals surface area contributed by atoms with Crippen LogP contribution in [0.4, 0.5) is 0 Å². The van der Waals surface area contributed by atoms with Crippen LogP contribution in [-0.4, -0.2) is 0 Å². The van der Waals surface area contributed by atoms with E-state index in [4.69, 9.17) is 16.0 Å². The van der Waals surface area contributed by atoms with Gasteiger partial charge in [0, 0.05) is 10.6 Å². The molecule has 0 atom stereocenters. The molecule has 3 heteroatoms. The van der Waals surface area contributed by atoms with Crippen LogP contribution in [0.2, 0.25) is 5.02 Å². The summed E-state index contributed by atoms with van der Waals surface area (Å²) in [6, 6.07) is 11.3. The van der Waals surface area contributed by atoms with Crippen molar-refractivity contribution in [1.82, 2.24) is 0 Å². The maximum atomic E-state index is 9.23. The van der Waals surface area contributed by atoms with E-state index in [1.807, 2.05) is 38.1 Å². The predicted molar refractivity (Wildman–Crippen MR) is 73.1 cm³/mol. The molecular weight excluding hydrogens is 246 g/mol. The number of nitrogens with zero attached hydrogens (tertiary/aromatic N) is 1. The zero-order valence-corrected chi connectivity index (χ0v) is 11.0. The number of benzene rings is 1. The zero-order valence-electron chi connectivity index (χ0n) is 10.2. The van der Waals surface area contributed by atoms with E-state index < -0.39 is 0 Å². The van der Waals surface area contributed by atoms with Gasteiger partial charge in [-0.2, -0.15) is 5.26 Å². The summed E-state index contributed by atoms with van der Waals surface area (Å²) in [5.74, 6) is 1.65. The lowest BCUT2D eigenvalue weighted by molar-refractivity contribution is 0.504. The second-order valence-electron chi connectivity index (χ2n) is 4.05. The molecule has 0 saturated carbocycles. The normalized spacial score (nSPS) is 11.3. The van der Waals surface area contributed by atoms with Crippen LogP contribution in [0.25, 0.3) is 11.6 Å². The summed E-state index contributed by atoms with van der Waals surface area (Å²) in [6.45, 7) is 3.77. The number of hydrogen-bond acceptors (Lipinski definition) is 2. The first kappa shape index (κ1) is 12.5. The van der Waals surface area contributed by atoms with Crippen LogP contribution in [0.15, 0.2) is 34.7 Å². The largest absolute Gasteiger partial charge is 0.466 e. The Morgan fingerprint density at radius 3 is 2.44 bits per heavy atom. The summed E-state index contributed by atoms with van der Waals surface area (Å²) in [6.07, 6.45) is 1.83. The van der Waals surface area contributed by atoms with Gasteiger partial charge < -0.3 is 4.42 Å². The summed E-state index contributed by atoms with van der Waals surface area (Å²) >= 11 is 5.83. The minimum atomic E-state index is 0.593. The average molecular weight is 258 g/mol. The molecule has 1 aromatic heterocycles. The van der Waals surface area contributed by atoms with E-state index in [-0.39, 0.29) is 0 Å². The number of nitriles is 1. The van der Waals surface area contributed by atoms with Crippen molar-refractivity contribution in [3.8, 4) is 6.07 Å². The van der Waals surface area contributed by atoms with Gasteiger partial charge in [0.2, 0.25) is 0 Å². The van der Waals surface area contributed by atoms with E-state index in [9.17, 15) is 5.26 Å². The van der Waals surface area contributed by atoms with Gasteiger partial charge in [0.1, 0.15) is 11.5 Å². The summed E-state index contributed by atoms with van der Waals surface area (Å²) < 4.78 is 5.44. The van der Waals surface area contributed by atoms with Gasteiger partial charge in [-0.05, 0) is 43.7 Å². The summed E-state index contributed by atoms with van der Waals surface area (Å²) in [5, 5.41) is 9.88. The molecule has 0 N–H and O–H groups in total. The van der Waals surface area contributed by atoms with Gasteiger partial charge in [-0.1, -0.05) is 23.7 Å². The van der Waals surface area contributed by atoms with Crippen molar-refractivity contribution >= 4 is 23.3 Å². The van der Waals surface area contributed by atoms with Crippen LogP contribution in [0, 0.1) is 25.2 Å². The first-order valence-corrected chi connectivity index (χ1v) is 5.92. The van der Waals surface area contributed by atoms with Gasteiger partial charge in [-0.3, -0.25) is 0 Å². The van der Waals surface area contributed by atoms with Crippen molar-refractivity contribution in [3.63, 3.8) is 0 Å². The van der Waals surface area contributed by atoms with E-state index in [0.29, 0.717) is 10.6 Å². The molecule has 0 fully saturated rings. The quantitative estimate of drug-likeness (QED) is 0.737. The number of hydrogen-bond donors (Lipinski definition) is 0. The molecule has 0 aliphatic carbocycles. The molecule has 0 amide bonds. The van der Waals surface area contributed by atoms with E-state index in [1.54, 1.807) is 12.1 Å². The Balaban J connectivity index is 2.43. The molecular formula is C15H12ClNO. The number of furan rings is 1. The molecule has 2 rings (SSSR count). The molecule has 0 aliphatic rings. The highest BCUT2D eigenvalue weighted by molar-refractivity contribution is 6.30. The average Bonchev–Trinajstić information content (AvgIpc) is 2.66. The standard InChI is InChI=1S/C15H12ClNO/c1-10-7-13(11(2)18-10)8-14(9-17)12-3-5-15(16)6-4-12/h3-8H,1-2H3/b14-8-. The molecule has 0 radical (unpaired) electrons. The van der Waals surface area contributed by atoms with Crippen LogP contribution >= 0.6 is 11.6 Å². The lowest BCUT2D eigenvalue weighted by atomic mass is 10.0. The van der Waals surface area contributed by atoms with E-state index in [1.165, 1.54) is 0 Å². The van der Waals surface area contributed by atoms with Crippen molar-refractivity contribution in [2.45, 2.75) is 13.8 Å². The summed E-state index contributed by atoms with van der Waals surface area (Å²) in [4.78, 5) is 0. The summed E-state index contributed by atoms with van der Waals surface area (Å²) in [5.41, 5.74) is 2.37. The SMILES string of the molecule is Cc1cc(/C=C(/C#N)c2ccc(Cl)cc2)c(C)o1. The molecule has 0 unspecified atom stereocenters. The number of halogens is 1. The fraction of sp³-hybridized carbons (Fsp3) is 0.133. The minimum Gasteiger partial charge on any atom is -0.466 e. The maximum absolute atomic E-state index is 9.23. The Labute approximate surface area is 111 Å². The third-order valence-electron chi connectivity index (χ3n) is 2.65. The van der Waals surface area contributed by atoms with Crippen molar-refractivity contribution < 1.29 is 4.42 Å². The van der Waals surface area contributed by atoms with Crippen LogP contribution in [0.5, 0.6) is 0 Å². The highest BCUT2D eigenvalue weighted by Crippen LogP contribution is 2.23. The third-order valence-corrected chi connectivity index (χ3v) is 2.91. The Morgan fingerprint density at radius 2 is 1.94 bits per heavy atom. The van der Waals surface area contributed by atoms with Gasteiger partial charge in [0.25, 0.3) is 0 Å². The number of allylic oxidation sites excluding steroid dienone is 1. The Hall–Kier alpha value is -1.98. The molecule has 0 aliphatic heterocycles. The molecule has 0 bridgehead atoms. The molecule has 2 nitrogen and oxygen atoms in total. The lowest BCUT2D eigenvalue weighted by Gasteiger charge is -1.99. The first-order valence-electron chi connectivity index (χ1n) is 5.55. The van der Waals surface area contributed by atoms with Crippen molar-refractivity contribution in [3.05, 3.63) is 58.0 Å². The van der Waals surface area contributed by atoms with Crippen LogP contribution in [0.3, 0.4) is 0 Å². The monoisotopic (exact) mass is 257 g/mol. The highest BCUT2D eigenvalue weighted by Gasteiger charge is 2.05. The molecule has 2 aromatic rings. The lowest BCUT2D eigenvalue weighted by Crippen LogP contribution is -1.81. The minimum absolute atomic E-state index is 0.593. The highest BCUT2D eigenvalue weighted by atomic mass is 35.5. The van der Waals surface area contributed by atoms with Crippen LogP contribution < -0.4 is 0 Å². The fourth-order valence-corrected chi connectivity index (χ4v) is 1.88. The van der Waals surface area contributed by atoms with Crippen LogP contribution in [-0.2, 0) is 0 Å². The van der Waals surface area contributed by atoms with Crippen molar-refractivity contribution in [1.29, 1.82) is 5.26 Å². The molecule has 18 heavy (non-hydrogen) atoms. The van der Waals surface area contributed by atoms with Gasteiger partial charge >= 0.3 is 0 Å². The maximum Gasteiger partial charge on any atom is 0.108 e. The molecule has 1 heterocycles. The second kappa shape index (κ2) is 5.12. The zero-order chi connectivity index (χ0) is 13.1. The van der Waals surface area contributed by atoms with E-state index in [2.05, 4.69) is 6.07 Å². The predicted octanol–water partition coefficient (Wildman–Crippen LogP) is 4.61. The Bertz CT molecular complexity index is 630. The summed E-state index contributed by atoms with van der Waals surface area (Å²) in [7, 11) is 0. The molecule has 90 valence electrons. The van der Waals surface area contributed by atoms with Crippen molar-refractivity contribution in [2.24, 2.45) is 0 Å². The van der Waals surface area contributed by atoms with Crippen molar-refractivity contribution in [2.75, 3.05) is 0 Å². The Morgan fingerprint density at radius 1 is 1.28 bits per heavy atom. The second-order valence-corrected chi connectivity index (χ2v) is 4.48. The third kappa shape index (κ3) is 2.64. The van der Waals surface area contributed by atoms with E-state index >= 15 is 0 Å². The molecule has 0 saturated heterocycles. The van der Waals surface area contributed by atoms with Gasteiger partial charge in [-0.25, -0.2) is 0 Å². The Kier molecular flexibility index (Phi) is 3.55. The smallest absolute Gasteiger partial charge is 0.108 e. The van der Waals surface area contributed by atoms with Gasteiger partial charge in [-0.15, -0.1) is 0 Å². The number of aryl methyl sites for hydroxylation is 2.